The summed E-state index contributed by atoms with van der Waals surface area (Å²) >= 11 is 0. The van der Waals surface area contributed by atoms with Gasteiger partial charge in [0.1, 0.15) is 79.0 Å². The van der Waals surface area contributed by atoms with Crippen LogP contribution in [0.25, 0.3) is 0 Å². The summed E-state index contributed by atoms with van der Waals surface area (Å²) in [5.41, 5.74) is 5.11. The summed E-state index contributed by atoms with van der Waals surface area (Å²) in [7, 11) is 0. The van der Waals surface area contributed by atoms with E-state index >= 15 is 0 Å². The molecular weight excluding hydrogens is 1100 g/mol. The van der Waals surface area contributed by atoms with Gasteiger partial charge >= 0.3 is 11.9 Å². The van der Waals surface area contributed by atoms with E-state index in [1.54, 1.807) is 0 Å². The van der Waals surface area contributed by atoms with Gasteiger partial charge in [-0.1, -0.05) is 0 Å². The number of hydrogen-bond donors (Lipinski definition) is 19. The monoisotopic (exact) mass is 1180 g/mol. The second kappa shape index (κ2) is 35.5. The number of aliphatic hydroxyl groups is 5. The fourth-order valence-electron chi connectivity index (χ4n) is 7.70. The summed E-state index contributed by atoms with van der Waals surface area (Å²) in [4.78, 5) is 160. The normalized spacial score (nSPS) is 23.9. The molecule has 15 unspecified atom stereocenters. The fraction of sp³-hybridized carbons (Fsp3) is 0.717. The van der Waals surface area contributed by atoms with Gasteiger partial charge in [0.15, 0.2) is 12.6 Å². The largest absolute Gasteiger partial charge is 0.480 e. The molecule has 20 N–H and O–H groups in total. The summed E-state index contributed by atoms with van der Waals surface area (Å²) in [5, 5.41) is 96.9. The van der Waals surface area contributed by atoms with Gasteiger partial charge in [-0.3, -0.25) is 57.5 Å². The van der Waals surface area contributed by atoms with E-state index < -0.39 is 221 Å². The lowest BCUT2D eigenvalue weighted by Crippen LogP contribution is -2.70. The van der Waals surface area contributed by atoms with Crippen molar-refractivity contribution >= 4 is 76.9 Å². The van der Waals surface area contributed by atoms with Gasteiger partial charge in [-0.15, -0.1) is 0 Å². The van der Waals surface area contributed by atoms with Crippen molar-refractivity contribution in [1.82, 2.24) is 58.5 Å². The molecule has 0 aromatic carbocycles. The van der Waals surface area contributed by atoms with Crippen LogP contribution >= 0.6 is 0 Å². The molecule has 15 atom stereocenters. The Bertz CT molecular complexity index is 2250. The van der Waals surface area contributed by atoms with Gasteiger partial charge in [-0.2, -0.15) is 0 Å². The Hall–Kier alpha value is -7.29. The van der Waals surface area contributed by atoms with E-state index in [2.05, 4.69) is 58.5 Å². The predicted molar refractivity (Wildman–Crippen MR) is 272 cm³/mol. The molecule has 2 aliphatic heterocycles. The predicted octanol–water partition coefficient (Wildman–Crippen LogP) is -11.1. The minimum Gasteiger partial charge on any atom is -0.480 e. The zero-order chi connectivity index (χ0) is 62.0. The van der Waals surface area contributed by atoms with Gasteiger partial charge in [0.2, 0.25) is 65.0 Å². The zero-order valence-electron chi connectivity index (χ0n) is 45.5. The molecular formula is C46H76N12O24. The molecule has 0 spiro atoms. The van der Waals surface area contributed by atoms with Crippen molar-refractivity contribution in [2.45, 2.75) is 158 Å². The SMILES string of the molecule is CC(=O)NC1C(OC2C(CO)OC(O)C(NC(C)=O)C2OC(C)C(=O)NC(C)C(=O)NC(CCC(=O)NC(CCCCNC(=O)CNC(=O)CNC(=O)CNC(=O)CNC(=O)CN)C(=O)NC(C)C(=O)O)C(=O)O)OC(CO)C(O)C1O. The van der Waals surface area contributed by atoms with Crippen molar-refractivity contribution in [1.29, 1.82) is 0 Å². The molecule has 2 heterocycles. The molecule has 0 bridgehead atoms. The van der Waals surface area contributed by atoms with Gasteiger partial charge < -0.3 is 119 Å². The molecule has 0 aromatic heterocycles. The van der Waals surface area contributed by atoms with E-state index in [4.69, 9.17) is 24.7 Å². The summed E-state index contributed by atoms with van der Waals surface area (Å²) < 4.78 is 23.2. The summed E-state index contributed by atoms with van der Waals surface area (Å²) in [5.74, 6) is -11.9. The maximum Gasteiger partial charge on any atom is 0.326 e. The molecule has 0 aliphatic carbocycles. The molecule has 2 fully saturated rings. The Morgan fingerprint density at radius 1 is 0.537 bits per heavy atom. The topological polar surface area (TPSA) is 559 Å². The number of nitrogens with one attached hydrogen (secondary N) is 11. The minimum absolute atomic E-state index is 0.000336. The van der Waals surface area contributed by atoms with Gasteiger partial charge in [-0.05, 0) is 46.5 Å². The van der Waals surface area contributed by atoms with Crippen molar-refractivity contribution < 1.29 is 117 Å². The first kappa shape index (κ1) is 70.8. The molecule has 36 heteroatoms. The Balaban J connectivity index is 2.03. The van der Waals surface area contributed by atoms with Crippen LogP contribution in [0, 0.1) is 0 Å². The van der Waals surface area contributed by atoms with Crippen LogP contribution in [0.15, 0.2) is 0 Å². The number of unbranched alkanes of at least 4 members (excludes halogenated alkanes) is 1. The molecule has 0 saturated carbocycles. The lowest BCUT2D eigenvalue weighted by atomic mass is 9.94. The molecule has 464 valence electrons. The molecule has 0 aromatic rings. The van der Waals surface area contributed by atoms with Crippen molar-refractivity contribution in [2.24, 2.45) is 5.73 Å². The van der Waals surface area contributed by atoms with E-state index in [1.165, 1.54) is 0 Å². The third-order valence-electron chi connectivity index (χ3n) is 12.1. The molecule has 0 radical (unpaired) electrons. The smallest absolute Gasteiger partial charge is 0.326 e. The third kappa shape index (κ3) is 24.4. The van der Waals surface area contributed by atoms with Crippen molar-refractivity contribution in [3.05, 3.63) is 0 Å². The van der Waals surface area contributed by atoms with Crippen LogP contribution < -0.4 is 64.2 Å². The average Bonchev–Trinajstić information content (AvgIpc) is 3.59. The lowest BCUT2D eigenvalue weighted by Gasteiger charge is -2.48. The molecule has 82 heavy (non-hydrogen) atoms. The van der Waals surface area contributed by atoms with E-state index in [9.17, 15) is 98.1 Å². The number of carbonyl (C=O) groups is 13. The average molecular weight is 1180 g/mol. The standard InChI is InChI=1S/C46H76N12O24/c1-19(53-41(72)21(3)79-39-35(56-23(5)62)45(78)80-27(18-60)38(39)82-46-34(55-22(4)61)37(70)36(69)26(17-59)81-46)40(71)58-25(44(76)77)9-10-28(63)57-24(42(73)54-20(2)43(74)75)8-6-7-11-48-30(65)13-50-32(67)15-52-33(68)16-51-31(66)14-49-29(64)12-47/h19-21,24-27,34-39,45-46,59-60,69-70,78H,6-18,47H2,1-5H3,(H,48,65)(H,49,64)(H,50,67)(H,51,66)(H,52,68)(H,53,72)(H,54,73)(H,55,61)(H,56,62)(H,57,63)(H,58,71)(H,74,75)(H,76,77). The maximum absolute atomic E-state index is 13.6. The number of rotatable bonds is 34. The number of nitrogens with two attached hydrogens (primary N) is 1. The number of carboxylic acid groups (broad SMARTS) is 2. The van der Waals surface area contributed by atoms with Gasteiger partial charge in [0.05, 0.1) is 45.9 Å². The number of ether oxygens (including phenoxy) is 4. The second-order valence-electron chi connectivity index (χ2n) is 18.8. The number of carboxylic acids is 2. The molecule has 2 saturated heterocycles. The van der Waals surface area contributed by atoms with E-state index in [-0.39, 0.29) is 32.4 Å². The highest BCUT2D eigenvalue weighted by atomic mass is 16.7. The van der Waals surface area contributed by atoms with E-state index in [1.807, 2.05) is 0 Å². The van der Waals surface area contributed by atoms with Crippen LogP contribution in [0.3, 0.4) is 0 Å². The Morgan fingerprint density at radius 2 is 1.06 bits per heavy atom. The van der Waals surface area contributed by atoms with Crippen molar-refractivity contribution in [2.75, 3.05) is 52.5 Å². The number of aliphatic carboxylic acids is 2. The summed E-state index contributed by atoms with van der Waals surface area (Å²) in [6, 6.07) is -9.18. The highest BCUT2D eigenvalue weighted by Gasteiger charge is 2.53. The molecule has 11 amide bonds. The highest BCUT2D eigenvalue weighted by molar-refractivity contribution is 5.93. The van der Waals surface area contributed by atoms with Crippen LogP contribution in [-0.2, 0) is 81.3 Å². The van der Waals surface area contributed by atoms with E-state index in [0.29, 0.717) is 0 Å². The number of carbonyl (C=O) groups excluding carboxylic acids is 11. The lowest BCUT2D eigenvalue weighted by molar-refractivity contribution is -0.333. The van der Waals surface area contributed by atoms with Crippen LogP contribution in [0.5, 0.6) is 0 Å². The Labute approximate surface area is 468 Å². The van der Waals surface area contributed by atoms with Crippen LogP contribution in [-0.4, -0.2) is 257 Å². The van der Waals surface area contributed by atoms with Crippen molar-refractivity contribution in [3.63, 3.8) is 0 Å². The minimum atomic E-state index is -1.93. The first-order valence-electron chi connectivity index (χ1n) is 25.6. The van der Waals surface area contributed by atoms with Gasteiger partial charge in [0, 0.05) is 26.8 Å². The summed E-state index contributed by atoms with van der Waals surface area (Å²) in [6.45, 7) is 1.51. The quantitative estimate of drug-likeness (QED) is 0.0266. The van der Waals surface area contributed by atoms with Crippen molar-refractivity contribution in [3.8, 4) is 0 Å². The number of amides is 11. The molecule has 2 rings (SSSR count). The summed E-state index contributed by atoms with van der Waals surface area (Å²) in [6.07, 6.45) is -16.2. The van der Waals surface area contributed by atoms with E-state index in [0.717, 1.165) is 34.6 Å². The molecule has 36 nitrogen and oxygen atoms in total. The number of aliphatic hydroxyl groups excluding tert-OH is 5. The van der Waals surface area contributed by atoms with Crippen LogP contribution in [0.2, 0.25) is 0 Å². The maximum atomic E-state index is 13.6. The fourth-order valence-corrected chi connectivity index (χ4v) is 7.70. The van der Waals surface area contributed by atoms with Crippen LogP contribution in [0.1, 0.15) is 66.7 Å². The van der Waals surface area contributed by atoms with Gasteiger partial charge in [-0.25, -0.2) is 4.79 Å². The van der Waals surface area contributed by atoms with Crippen LogP contribution in [0.4, 0.5) is 0 Å². The third-order valence-corrected chi connectivity index (χ3v) is 12.1. The Kier molecular flexibility index (Phi) is 30.7. The highest BCUT2D eigenvalue weighted by Crippen LogP contribution is 2.31. The second-order valence-corrected chi connectivity index (χ2v) is 18.8. The first-order valence-corrected chi connectivity index (χ1v) is 25.6. The molecule has 2 aliphatic rings. The van der Waals surface area contributed by atoms with Gasteiger partial charge in [0.25, 0.3) is 0 Å². The Morgan fingerprint density at radius 3 is 1.57 bits per heavy atom. The zero-order valence-corrected chi connectivity index (χ0v) is 45.5. The number of hydrogen-bond acceptors (Lipinski definition) is 23. The first-order chi connectivity index (χ1) is 38.5.